The Bertz CT molecular complexity index is 802. The molecule has 0 saturated heterocycles. The standard InChI is InChI=1S/C16H14BrFN2O2/c1-22-7-8-4-16(5-8)14-9-2-10(17)11(18)3-12(9)19-6-13(14)20-15(16)21/h2-3,6,8H,4-5,7H2,1H3,(H,20,21). The normalized spacial score (nSPS) is 26.1. The second-order valence-electron chi connectivity index (χ2n) is 6.10. The number of rotatable bonds is 2. The predicted molar refractivity (Wildman–Crippen MR) is 84.3 cm³/mol. The second kappa shape index (κ2) is 4.73. The van der Waals surface area contributed by atoms with Crippen LogP contribution in [0.4, 0.5) is 10.1 Å². The Morgan fingerprint density at radius 3 is 3.00 bits per heavy atom. The summed E-state index contributed by atoms with van der Waals surface area (Å²) in [5, 5.41) is 3.76. The van der Waals surface area contributed by atoms with Gasteiger partial charge < -0.3 is 10.1 Å². The molecule has 6 heteroatoms. The molecule has 1 spiro atoms. The molecule has 1 N–H and O–H groups in total. The Morgan fingerprint density at radius 1 is 1.50 bits per heavy atom. The van der Waals surface area contributed by atoms with E-state index in [-0.39, 0.29) is 11.7 Å². The fourth-order valence-corrected chi connectivity index (χ4v) is 4.17. The number of nitrogens with one attached hydrogen (secondary N) is 1. The zero-order chi connectivity index (χ0) is 15.5. The molecule has 4 nitrogen and oxygen atoms in total. The summed E-state index contributed by atoms with van der Waals surface area (Å²) in [5.41, 5.74) is 1.75. The molecule has 1 aromatic carbocycles. The number of amides is 1. The van der Waals surface area contributed by atoms with Gasteiger partial charge in [0.2, 0.25) is 5.91 Å². The number of carbonyl (C=O) groups is 1. The van der Waals surface area contributed by atoms with Crippen LogP contribution in [0.1, 0.15) is 18.4 Å². The van der Waals surface area contributed by atoms with Gasteiger partial charge in [0.25, 0.3) is 0 Å². The summed E-state index contributed by atoms with van der Waals surface area (Å²) in [6.45, 7) is 0.658. The number of pyridine rings is 1. The number of aromatic nitrogens is 1. The highest BCUT2D eigenvalue weighted by Gasteiger charge is 2.56. The van der Waals surface area contributed by atoms with Crippen LogP contribution in [0.2, 0.25) is 0 Å². The molecule has 1 amide bonds. The number of halogens is 2. The van der Waals surface area contributed by atoms with E-state index in [4.69, 9.17) is 4.74 Å². The highest BCUT2D eigenvalue weighted by Crippen LogP contribution is 2.55. The molecule has 0 radical (unpaired) electrons. The monoisotopic (exact) mass is 364 g/mol. The topological polar surface area (TPSA) is 51.2 Å². The minimum atomic E-state index is -0.517. The van der Waals surface area contributed by atoms with Crippen molar-refractivity contribution in [1.29, 1.82) is 0 Å². The summed E-state index contributed by atoms with van der Waals surface area (Å²) in [4.78, 5) is 16.8. The fraction of sp³-hybridized carbons (Fsp3) is 0.375. The maximum Gasteiger partial charge on any atom is 0.235 e. The highest BCUT2D eigenvalue weighted by atomic mass is 79.9. The molecule has 1 saturated carbocycles. The van der Waals surface area contributed by atoms with Crippen LogP contribution in [0.5, 0.6) is 0 Å². The third-order valence-electron chi connectivity index (χ3n) is 4.75. The first-order valence-corrected chi connectivity index (χ1v) is 7.93. The SMILES string of the molecule is COCC1CC2(C1)C(=O)Nc1cnc3cc(F)c(Br)cc3c12. The number of nitrogens with zero attached hydrogens (tertiary/aromatic N) is 1. The molecule has 2 aromatic rings. The van der Waals surface area contributed by atoms with Crippen LogP contribution in [-0.2, 0) is 14.9 Å². The molecule has 0 atom stereocenters. The number of ether oxygens (including phenoxy) is 1. The molecule has 114 valence electrons. The predicted octanol–water partition coefficient (Wildman–Crippen LogP) is 3.38. The quantitative estimate of drug-likeness (QED) is 0.888. The molecular formula is C16H14BrFN2O2. The van der Waals surface area contributed by atoms with Gasteiger partial charge in [-0.05, 0) is 40.8 Å². The van der Waals surface area contributed by atoms with Crippen LogP contribution in [0, 0.1) is 11.7 Å². The van der Waals surface area contributed by atoms with Gasteiger partial charge in [-0.25, -0.2) is 4.39 Å². The van der Waals surface area contributed by atoms with Crippen molar-refractivity contribution in [3.8, 4) is 0 Å². The summed E-state index contributed by atoms with van der Waals surface area (Å²) < 4.78 is 19.3. The van der Waals surface area contributed by atoms with E-state index >= 15 is 0 Å². The van der Waals surface area contributed by atoms with Crippen LogP contribution in [0.25, 0.3) is 10.9 Å². The van der Waals surface area contributed by atoms with Crippen molar-refractivity contribution in [1.82, 2.24) is 4.98 Å². The first-order valence-electron chi connectivity index (χ1n) is 7.14. The number of fused-ring (bicyclic) bond motifs is 4. The van der Waals surface area contributed by atoms with E-state index in [0.717, 1.165) is 29.5 Å². The average Bonchev–Trinajstić information content (AvgIpc) is 2.73. The molecule has 1 aromatic heterocycles. The maximum atomic E-state index is 13.7. The summed E-state index contributed by atoms with van der Waals surface area (Å²) in [7, 11) is 1.67. The van der Waals surface area contributed by atoms with Crippen LogP contribution in [0.3, 0.4) is 0 Å². The van der Waals surface area contributed by atoms with Crippen molar-refractivity contribution in [2.24, 2.45) is 5.92 Å². The zero-order valence-corrected chi connectivity index (χ0v) is 13.5. The van der Waals surface area contributed by atoms with E-state index in [0.29, 0.717) is 22.5 Å². The van der Waals surface area contributed by atoms with Gasteiger partial charge in [-0.3, -0.25) is 9.78 Å². The van der Waals surface area contributed by atoms with Gasteiger partial charge in [0, 0.05) is 30.7 Å². The Morgan fingerprint density at radius 2 is 2.27 bits per heavy atom. The molecule has 22 heavy (non-hydrogen) atoms. The van der Waals surface area contributed by atoms with Gasteiger partial charge in [-0.1, -0.05) is 0 Å². The molecule has 0 bridgehead atoms. The number of hydrogen-bond acceptors (Lipinski definition) is 3. The Labute approximate surface area is 135 Å². The second-order valence-corrected chi connectivity index (χ2v) is 6.95. The number of anilines is 1. The van der Waals surface area contributed by atoms with Crippen molar-refractivity contribution in [2.45, 2.75) is 18.3 Å². The molecule has 2 aliphatic rings. The van der Waals surface area contributed by atoms with Crippen molar-refractivity contribution in [2.75, 3.05) is 19.0 Å². The molecular weight excluding hydrogens is 351 g/mol. The molecule has 2 heterocycles. The van der Waals surface area contributed by atoms with Gasteiger partial charge in [0.05, 0.1) is 27.3 Å². The first-order chi connectivity index (χ1) is 10.5. The largest absolute Gasteiger partial charge is 0.384 e. The van der Waals surface area contributed by atoms with Crippen molar-refractivity contribution >= 4 is 38.4 Å². The van der Waals surface area contributed by atoms with Crippen molar-refractivity contribution in [3.63, 3.8) is 0 Å². The average molecular weight is 365 g/mol. The zero-order valence-electron chi connectivity index (χ0n) is 12.0. The summed E-state index contributed by atoms with van der Waals surface area (Å²) in [6, 6.07) is 3.13. The van der Waals surface area contributed by atoms with Gasteiger partial charge in [-0.2, -0.15) is 0 Å². The molecule has 0 unspecified atom stereocenters. The van der Waals surface area contributed by atoms with Crippen molar-refractivity contribution in [3.05, 3.63) is 34.2 Å². The van der Waals surface area contributed by atoms with Gasteiger partial charge in [0.15, 0.2) is 0 Å². The summed E-state index contributed by atoms with van der Waals surface area (Å²) in [6.07, 6.45) is 3.14. The lowest BCUT2D eigenvalue weighted by atomic mass is 9.59. The maximum absolute atomic E-state index is 13.7. The number of methoxy groups -OCH3 is 1. The minimum Gasteiger partial charge on any atom is -0.384 e. The van der Waals surface area contributed by atoms with Crippen LogP contribution in [-0.4, -0.2) is 24.6 Å². The minimum absolute atomic E-state index is 0.0181. The summed E-state index contributed by atoms with van der Waals surface area (Å²) >= 11 is 3.23. The van der Waals surface area contributed by atoms with E-state index in [1.54, 1.807) is 19.4 Å². The number of hydrogen-bond donors (Lipinski definition) is 1. The molecule has 1 aliphatic carbocycles. The molecule has 1 fully saturated rings. The Hall–Kier alpha value is -1.53. The fourth-order valence-electron chi connectivity index (χ4n) is 3.82. The number of carbonyl (C=O) groups excluding carboxylic acids is 1. The van der Waals surface area contributed by atoms with E-state index in [9.17, 15) is 9.18 Å². The van der Waals surface area contributed by atoms with Crippen LogP contribution >= 0.6 is 15.9 Å². The van der Waals surface area contributed by atoms with Gasteiger partial charge in [0.1, 0.15) is 5.82 Å². The molecule has 1 aliphatic heterocycles. The molecule has 4 rings (SSSR count). The van der Waals surface area contributed by atoms with Crippen molar-refractivity contribution < 1.29 is 13.9 Å². The lowest BCUT2D eigenvalue weighted by Gasteiger charge is -2.43. The lowest BCUT2D eigenvalue weighted by molar-refractivity contribution is -0.126. The van der Waals surface area contributed by atoms with Crippen LogP contribution < -0.4 is 5.32 Å². The van der Waals surface area contributed by atoms with E-state index < -0.39 is 5.41 Å². The Balaban J connectivity index is 1.89. The smallest absolute Gasteiger partial charge is 0.235 e. The van der Waals surface area contributed by atoms with E-state index in [2.05, 4.69) is 26.2 Å². The van der Waals surface area contributed by atoms with Crippen LogP contribution in [0.15, 0.2) is 22.8 Å². The Kier molecular flexibility index (Phi) is 3.03. The van der Waals surface area contributed by atoms with E-state index in [1.807, 2.05) is 0 Å². The van der Waals surface area contributed by atoms with Gasteiger partial charge >= 0.3 is 0 Å². The van der Waals surface area contributed by atoms with E-state index in [1.165, 1.54) is 6.07 Å². The third kappa shape index (κ3) is 1.77. The van der Waals surface area contributed by atoms with Gasteiger partial charge in [-0.15, -0.1) is 0 Å². The number of benzene rings is 1. The third-order valence-corrected chi connectivity index (χ3v) is 5.36. The summed E-state index contributed by atoms with van der Waals surface area (Å²) in [5.74, 6) is 0.0514. The highest BCUT2D eigenvalue weighted by molar-refractivity contribution is 9.10. The first kappa shape index (κ1) is 14.1. The lowest BCUT2D eigenvalue weighted by Crippen LogP contribution is -2.48.